The van der Waals surface area contributed by atoms with Crippen molar-refractivity contribution in [3.63, 3.8) is 0 Å². The van der Waals surface area contributed by atoms with Gasteiger partial charge >= 0.3 is 0 Å². The van der Waals surface area contributed by atoms with Gasteiger partial charge in [-0.15, -0.1) is 0 Å². The molecule has 0 amide bonds. The third-order valence-electron chi connectivity index (χ3n) is 13.7. The van der Waals surface area contributed by atoms with Gasteiger partial charge < -0.3 is 4.74 Å². The maximum Gasteiger partial charge on any atom is 0.228 e. The highest BCUT2D eigenvalue weighted by atomic mass is 35.5. The molecule has 0 aliphatic heterocycles. The van der Waals surface area contributed by atoms with Crippen LogP contribution >= 0.6 is 11.6 Å². The van der Waals surface area contributed by atoms with Gasteiger partial charge in [-0.2, -0.15) is 0 Å². The molecular weight excluding hydrogens is 440 g/mol. The van der Waals surface area contributed by atoms with Crippen LogP contribution in [0, 0.1) is 56.7 Å². The molecule has 0 bridgehead atoms. The van der Waals surface area contributed by atoms with Crippen LogP contribution in [0.15, 0.2) is 12.2 Å². The number of allylic oxidation sites excluding steroid dienone is 1. The van der Waals surface area contributed by atoms with Crippen LogP contribution in [0.2, 0.25) is 0 Å². The molecule has 192 valence electrons. The second kappa shape index (κ2) is 7.83. The van der Waals surface area contributed by atoms with Crippen molar-refractivity contribution in [1.82, 2.24) is 0 Å². The molecule has 1 unspecified atom stereocenters. The smallest absolute Gasteiger partial charge is 0.228 e. The Morgan fingerprint density at radius 1 is 0.853 bits per heavy atom. The van der Waals surface area contributed by atoms with E-state index in [2.05, 4.69) is 48.1 Å². The van der Waals surface area contributed by atoms with E-state index in [1.54, 1.807) is 0 Å². The van der Waals surface area contributed by atoms with Crippen LogP contribution in [0.3, 0.4) is 0 Å². The van der Waals surface area contributed by atoms with E-state index in [1.165, 1.54) is 44.1 Å². The van der Waals surface area contributed by atoms with Crippen LogP contribution in [-0.2, 0) is 9.53 Å². The fraction of sp³-hybridized carbons (Fsp3) is 0.903. The number of carbonyl (C=O) groups is 1. The van der Waals surface area contributed by atoms with Crippen molar-refractivity contribution in [2.45, 2.75) is 112 Å². The molecule has 3 heteroatoms. The summed E-state index contributed by atoms with van der Waals surface area (Å²) in [4.78, 5) is 13.0. The van der Waals surface area contributed by atoms with E-state index < -0.39 is 0 Å². The predicted octanol–water partition coefficient (Wildman–Crippen LogP) is 8.42. The highest BCUT2D eigenvalue weighted by Crippen LogP contribution is 2.77. The van der Waals surface area contributed by atoms with Crippen LogP contribution in [0.1, 0.15) is 106 Å². The summed E-state index contributed by atoms with van der Waals surface area (Å²) in [6.45, 7) is 19.5. The van der Waals surface area contributed by atoms with Crippen LogP contribution in [0.4, 0.5) is 0 Å². The van der Waals surface area contributed by atoms with Gasteiger partial charge in [-0.05, 0) is 134 Å². The number of ether oxygens (including phenoxy) is 1. The van der Waals surface area contributed by atoms with Gasteiger partial charge in [0.2, 0.25) is 5.24 Å². The van der Waals surface area contributed by atoms with Crippen molar-refractivity contribution in [2.75, 3.05) is 7.11 Å². The van der Waals surface area contributed by atoms with Gasteiger partial charge in [-0.1, -0.05) is 46.8 Å². The number of methoxy groups -OCH3 is 1. The number of hydrogen-bond acceptors (Lipinski definition) is 2. The number of hydrogen-bond donors (Lipinski definition) is 0. The number of rotatable bonds is 3. The molecule has 0 saturated heterocycles. The van der Waals surface area contributed by atoms with Crippen LogP contribution in [0.5, 0.6) is 0 Å². The van der Waals surface area contributed by atoms with E-state index in [9.17, 15) is 4.79 Å². The number of halogens is 1. The molecule has 0 spiro atoms. The lowest BCUT2D eigenvalue weighted by Crippen LogP contribution is -2.67. The minimum absolute atomic E-state index is 0.0501. The van der Waals surface area contributed by atoms with E-state index in [0.29, 0.717) is 34.7 Å². The molecule has 5 rings (SSSR count). The minimum atomic E-state index is -0.307. The van der Waals surface area contributed by atoms with Crippen molar-refractivity contribution in [1.29, 1.82) is 0 Å². The molecule has 5 saturated carbocycles. The van der Waals surface area contributed by atoms with E-state index in [4.69, 9.17) is 16.3 Å². The summed E-state index contributed by atoms with van der Waals surface area (Å²) in [5.41, 5.74) is 2.16. The summed E-state index contributed by atoms with van der Waals surface area (Å²) in [6, 6.07) is 0. The minimum Gasteiger partial charge on any atom is -0.381 e. The fourth-order valence-corrected chi connectivity index (χ4v) is 12.2. The van der Waals surface area contributed by atoms with Gasteiger partial charge in [0.15, 0.2) is 0 Å². The third kappa shape index (κ3) is 2.94. The fourth-order valence-electron chi connectivity index (χ4n) is 11.9. The first-order chi connectivity index (χ1) is 15.8. The average Bonchev–Trinajstić information content (AvgIpc) is 3.15. The maximum absolute atomic E-state index is 13.0. The summed E-state index contributed by atoms with van der Waals surface area (Å²) < 4.78 is 6.03. The summed E-state index contributed by atoms with van der Waals surface area (Å²) in [5.74, 6) is 2.89. The van der Waals surface area contributed by atoms with Gasteiger partial charge in [-0.25, -0.2) is 0 Å². The van der Waals surface area contributed by atoms with Crippen molar-refractivity contribution in [3.8, 4) is 0 Å². The molecule has 5 aliphatic carbocycles. The Hall–Kier alpha value is -0.340. The van der Waals surface area contributed by atoms with Crippen LogP contribution in [-0.4, -0.2) is 18.5 Å². The quantitative estimate of drug-likeness (QED) is 0.294. The molecule has 34 heavy (non-hydrogen) atoms. The van der Waals surface area contributed by atoms with Gasteiger partial charge in [0, 0.05) is 12.5 Å². The van der Waals surface area contributed by atoms with E-state index in [-0.39, 0.29) is 21.5 Å². The molecule has 0 radical (unpaired) electrons. The zero-order chi connectivity index (χ0) is 24.9. The molecule has 0 N–H and O–H groups in total. The molecular formula is C31H49ClO2. The molecule has 5 aliphatic rings. The zero-order valence-electron chi connectivity index (χ0n) is 22.9. The molecule has 2 nitrogen and oxygen atoms in total. The normalized spacial score (nSPS) is 53.8. The number of fused-ring (bicyclic) bond motifs is 7. The Morgan fingerprint density at radius 2 is 1.56 bits per heavy atom. The third-order valence-corrected chi connectivity index (χ3v) is 14.1. The topological polar surface area (TPSA) is 26.3 Å². The van der Waals surface area contributed by atoms with Crippen molar-refractivity contribution >= 4 is 16.8 Å². The van der Waals surface area contributed by atoms with Crippen molar-refractivity contribution in [2.24, 2.45) is 56.7 Å². The SMILES string of the molecule is C=C(C)[C@@H]1CC[C@]2(C(=O)Cl)CC[C@]3(C)[C@H](CC[C@@H]4[C@@]5(C)CCC(OC)C(C)(C)[C@@H]5CC[C@]43C)[C@@H]12. The van der Waals surface area contributed by atoms with Gasteiger partial charge in [0.25, 0.3) is 0 Å². The second-order valence-electron chi connectivity index (χ2n) is 14.7. The average molecular weight is 489 g/mol. The first kappa shape index (κ1) is 25.3. The Labute approximate surface area is 214 Å². The van der Waals surface area contributed by atoms with Gasteiger partial charge in [-0.3, -0.25) is 4.79 Å². The highest BCUT2D eigenvalue weighted by molar-refractivity contribution is 6.64. The maximum atomic E-state index is 13.0. The summed E-state index contributed by atoms with van der Waals surface area (Å²) in [7, 11) is 1.92. The predicted molar refractivity (Wildman–Crippen MR) is 141 cm³/mol. The highest BCUT2D eigenvalue weighted by Gasteiger charge is 2.71. The summed E-state index contributed by atoms with van der Waals surface area (Å²) in [5, 5.41) is -0.0501. The molecule has 5 fully saturated rings. The van der Waals surface area contributed by atoms with Crippen LogP contribution in [0.25, 0.3) is 0 Å². The van der Waals surface area contributed by atoms with Crippen molar-refractivity contribution < 1.29 is 9.53 Å². The standard InChI is InChI=1S/C31H49ClO2/c1-19(2)20-11-16-31(26(32)33)18-17-29(6)21(25(20)31)9-10-23-28(5)14-13-24(34-8)27(3,4)22(28)12-15-30(23,29)7/h20-25H,1,9-18H2,2-8H3/t20-,21+,22-,23+,24?,25+,28-,29+,30+,31-/m0/s1. The monoisotopic (exact) mass is 488 g/mol. The van der Waals surface area contributed by atoms with E-state index in [1.807, 2.05) is 7.11 Å². The molecule has 0 heterocycles. The molecule has 10 atom stereocenters. The zero-order valence-corrected chi connectivity index (χ0v) is 23.7. The molecule has 0 aromatic rings. The largest absolute Gasteiger partial charge is 0.381 e. The molecule has 0 aromatic carbocycles. The first-order valence-electron chi connectivity index (χ1n) is 14.2. The Morgan fingerprint density at radius 3 is 2.18 bits per heavy atom. The Bertz CT molecular complexity index is 879. The lowest BCUT2D eigenvalue weighted by atomic mass is 9.32. The lowest BCUT2D eigenvalue weighted by Gasteiger charge is -2.73. The van der Waals surface area contributed by atoms with Gasteiger partial charge in [0.1, 0.15) is 0 Å². The van der Waals surface area contributed by atoms with Crippen LogP contribution < -0.4 is 0 Å². The number of carbonyl (C=O) groups excluding carboxylic acids is 1. The Kier molecular flexibility index (Phi) is 5.83. The summed E-state index contributed by atoms with van der Waals surface area (Å²) in [6.07, 6.45) is 12.3. The van der Waals surface area contributed by atoms with E-state index >= 15 is 0 Å². The summed E-state index contributed by atoms with van der Waals surface area (Å²) >= 11 is 6.46. The lowest BCUT2D eigenvalue weighted by molar-refractivity contribution is -0.247. The second-order valence-corrected chi connectivity index (χ2v) is 15.0. The van der Waals surface area contributed by atoms with E-state index in [0.717, 1.165) is 37.5 Å². The first-order valence-corrected chi connectivity index (χ1v) is 14.6. The molecule has 0 aromatic heterocycles. The van der Waals surface area contributed by atoms with Gasteiger partial charge in [0.05, 0.1) is 6.10 Å². The Balaban J connectivity index is 1.55. The van der Waals surface area contributed by atoms with Crippen molar-refractivity contribution in [3.05, 3.63) is 12.2 Å².